The normalized spacial score (nSPS) is 12.6. The van der Waals surface area contributed by atoms with Crippen molar-refractivity contribution >= 4 is 50.4 Å². The Balaban J connectivity index is 1.71. The second-order valence-corrected chi connectivity index (χ2v) is 9.22. The zero-order chi connectivity index (χ0) is 24.0. The quantitative estimate of drug-likeness (QED) is 0.388. The van der Waals surface area contributed by atoms with Gasteiger partial charge in [-0.15, -0.1) is 0 Å². The third-order valence-electron chi connectivity index (χ3n) is 6.14. The lowest BCUT2D eigenvalue weighted by Crippen LogP contribution is -2.31. The van der Waals surface area contributed by atoms with Crippen LogP contribution in [0.2, 0.25) is 0 Å². The molecule has 176 valence electrons. The summed E-state index contributed by atoms with van der Waals surface area (Å²) in [5.41, 5.74) is 2.14. The minimum absolute atomic E-state index is 0.150. The summed E-state index contributed by atoms with van der Waals surface area (Å²) >= 11 is 1.66. The van der Waals surface area contributed by atoms with E-state index < -0.39 is 6.09 Å². The number of nitrogens with zero attached hydrogens (tertiary/aromatic N) is 3. The summed E-state index contributed by atoms with van der Waals surface area (Å²) in [6.07, 6.45) is 3.33. The molecule has 5 rings (SSSR count). The van der Waals surface area contributed by atoms with Crippen LogP contribution >= 0.6 is 11.8 Å². The van der Waals surface area contributed by atoms with Crippen LogP contribution in [0.25, 0.3) is 32.6 Å². The molecular weight excluding hydrogens is 454 g/mol. The molecule has 2 aromatic carbocycles. The van der Waals surface area contributed by atoms with Crippen molar-refractivity contribution < 1.29 is 19.0 Å². The fourth-order valence-corrected chi connectivity index (χ4v) is 4.75. The molecule has 0 N–H and O–H groups in total. The Morgan fingerprint density at radius 2 is 1.91 bits per heavy atom. The largest absolute Gasteiger partial charge is 0.454 e. The first-order chi connectivity index (χ1) is 16.4. The predicted octanol–water partition coefficient (Wildman–Crippen LogP) is 4.55. The maximum absolute atomic E-state index is 13.6. The number of thioether (sulfide) groups is 1. The van der Waals surface area contributed by atoms with Crippen LogP contribution in [-0.2, 0) is 6.54 Å². The van der Waals surface area contributed by atoms with Gasteiger partial charge in [-0.1, -0.05) is 0 Å². The first-order valence-electron chi connectivity index (χ1n) is 11.0. The Kier molecular flexibility index (Phi) is 5.73. The Bertz CT molecular complexity index is 1510. The van der Waals surface area contributed by atoms with Crippen molar-refractivity contribution in [3.8, 4) is 17.2 Å². The molecule has 4 aromatic rings. The molecule has 0 fully saturated rings. The zero-order valence-electron chi connectivity index (χ0n) is 19.5. The summed E-state index contributed by atoms with van der Waals surface area (Å²) in [4.78, 5) is 32.3. The van der Waals surface area contributed by atoms with Gasteiger partial charge in [0.2, 0.25) is 6.79 Å². The van der Waals surface area contributed by atoms with Gasteiger partial charge in [0.1, 0.15) is 5.75 Å². The van der Waals surface area contributed by atoms with Crippen molar-refractivity contribution in [2.75, 3.05) is 32.4 Å². The zero-order valence-corrected chi connectivity index (χ0v) is 20.3. The maximum atomic E-state index is 13.6. The van der Waals surface area contributed by atoms with E-state index >= 15 is 0 Å². The van der Waals surface area contributed by atoms with Crippen LogP contribution in [0.3, 0.4) is 0 Å². The van der Waals surface area contributed by atoms with E-state index in [9.17, 15) is 9.59 Å². The van der Waals surface area contributed by atoms with Crippen LogP contribution in [0.15, 0.2) is 35.3 Å². The van der Waals surface area contributed by atoms with Gasteiger partial charge in [0, 0.05) is 48.9 Å². The van der Waals surface area contributed by atoms with Crippen molar-refractivity contribution in [2.45, 2.75) is 20.4 Å². The van der Waals surface area contributed by atoms with Gasteiger partial charge in [0.25, 0.3) is 5.56 Å². The summed E-state index contributed by atoms with van der Waals surface area (Å²) < 4.78 is 18.5. The summed E-state index contributed by atoms with van der Waals surface area (Å²) in [7, 11) is 1.70. The summed E-state index contributed by atoms with van der Waals surface area (Å²) in [6.45, 7) is 5.02. The van der Waals surface area contributed by atoms with E-state index in [4.69, 9.17) is 14.2 Å². The second-order valence-electron chi connectivity index (χ2n) is 8.24. The molecule has 1 aliphatic rings. The van der Waals surface area contributed by atoms with Gasteiger partial charge < -0.3 is 23.7 Å². The highest BCUT2D eigenvalue weighted by molar-refractivity contribution is 7.98. The average molecular weight is 480 g/mol. The molecule has 1 amide bonds. The summed E-state index contributed by atoms with van der Waals surface area (Å²) in [5.74, 6) is 2.48. The highest BCUT2D eigenvalue weighted by atomic mass is 32.2. The molecule has 0 saturated heterocycles. The number of fused-ring (bicyclic) bond motifs is 6. The van der Waals surface area contributed by atoms with E-state index in [-0.39, 0.29) is 12.4 Å². The number of benzene rings is 2. The predicted molar refractivity (Wildman–Crippen MR) is 135 cm³/mol. The molecule has 0 aliphatic carbocycles. The van der Waals surface area contributed by atoms with Crippen LogP contribution < -0.4 is 19.8 Å². The fourth-order valence-electron chi connectivity index (χ4n) is 4.29. The van der Waals surface area contributed by atoms with Gasteiger partial charge in [0.05, 0.1) is 16.4 Å². The number of aromatic nitrogens is 2. The Labute approximate surface area is 200 Å². The molecule has 0 atom stereocenters. The topological polar surface area (TPSA) is 82.9 Å². The van der Waals surface area contributed by atoms with E-state index in [1.807, 2.05) is 38.3 Å². The van der Waals surface area contributed by atoms with Crippen molar-refractivity contribution in [1.82, 2.24) is 14.5 Å². The highest BCUT2D eigenvalue weighted by Crippen LogP contribution is 2.39. The van der Waals surface area contributed by atoms with E-state index in [0.29, 0.717) is 35.7 Å². The van der Waals surface area contributed by atoms with Crippen molar-refractivity contribution in [3.63, 3.8) is 0 Å². The average Bonchev–Trinajstić information content (AvgIpc) is 3.29. The number of pyridine rings is 2. The monoisotopic (exact) mass is 479 g/mol. The Hall–Kier alpha value is -3.46. The van der Waals surface area contributed by atoms with Gasteiger partial charge in [0.15, 0.2) is 11.5 Å². The van der Waals surface area contributed by atoms with Gasteiger partial charge in [-0.05, 0) is 49.3 Å². The lowest BCUT2D eigenvalue weighted by Gasteiger charge is -2.18. The van der Waals surface area contributed by atoms with Gasteiger partial charge in [-0.3, -0.25) is 9.78 Å². The molecule has 0 radical (unpaired) electrons. The fraction of sp³-hybridized carbons (Fsp3) is 0.320. The van der Waals surface area contributed by atoms with Gasteiger partial charge in [-0.25, -0.2) is 4.79 Å². The van der Waals surface area contributed by atoms with Crippen LogP contribution in [0.5, 0.6) is 17.2 Å². The molecular formula is C25H25N3O5S. The second kappa shape index (κ2) is 8.72. The molecule has 0 bridgehead atoms. The van der Waals surface area contributed by atoms with Crippen LogP contribution in [-0.4, -0.2) is 52.9 Å². The molecule has 9 heteroatoms. The lowest BCUT2D eigenvalue weighted by atomic mass is 10.0. The highest BCUT2D eigenvalue weighted by Gasteiger charge is 2.21. The first-order valence-corrected chi connectivity index (χ1v) is 12.4. The minimum atomic E-state index is -0.447. The molecule has 2 aromatic heterocycles. The number of carbonyl (C=O) groups is 1. The maximum Gasteiger partial charge on any atom is 0.415 e. The molecule has 34 heavy (non-hydrogen) atoms. The molecule has 8 nitrogen and oxygen atoms in total. The molecule has 0 spiro atoms. The third kappa shape index (κ3) is 3.60. The minimum Gasteiger partial charge on any atom is -0.454 e. The smallest absolute Gasteiger partial charge is 0.415 e. The number of rotatable bonds is 5. The molecule has 0 saturated carbocycles. The number of amides is 1. The van der Waals surface area contributed by atoms with E-state index in [1.165, 1.54) is 4.90 Å². The van der Waals surface area contributed by atoms with Crippen molar-refractivity contribution in [2.24, 2.45) is 0 Å². The number of hydrogen-bond donors (Lipinski definition) is 0. The molecule has 1 aliphatic heterocycles. The SMILES string of the molecule is CCn1c(=O)c2cc(OC(=O)N(C)CCSC)c(C)cc2c2cnc3cc4c(cc3c21)OCO4. The first kappa shape index (κ1) is 22.3. The standard InChI is InChI=1S/C25H25N3O5S/c1-5-28-23-17-10-21-22(32-13-31-21)11-19(17)26-12-18(23)15-8-14(2)20(9-16(15)24(28)29)33-25(30)27(3)6-7-34-4/h8-12H,5-7,13H2,1-4H3. The number of aryl methyl sites for hydroxylation is 2. The van der Waals surface area contributed by atoms with Crippen molar-refractivity contribution in [1.29, 1.82) is 0 Å². The van der Waals surface area contributed by atoms with Gasteiger partial charge in [-0.2, -0.15) is 11.8 Å². The molecule has 0 unspecified atom stereocenters. The van der Waals surface area contributed by atoms with E-state index in [1.54, 1.807) is 35.6 Å². The summed E-state index contributed by atoms with van der Waals surface area (Å²) in [6, 6.07) is 7.29. The number of ether oxygens (including phenoxy) is 3. The van der Waals surface area contributed by atoms with Crippen LogP contribution in [0.4, 0.5) is 4.79 Å². The summed E-state index contributed by atoms with van der Waals surface area (Å²) in [5, 5.41) is 2.92. The number of carbonyl (C=O) groups excluding carboxylic acids is 1. The molecule has 3 heterocycles. The Morgan fingerprint density at radius 3 is 2.65 bits per heavy atom. The van der Waals surface area contributed by atoms with Crippen molar-refractivity contribution in [3.05, 3.63) is 46.4 Å². The van der Waals surface area contributed by atoms with Crippen LogP contribution in [0.1, 0.15) is 12.5 Å². The Morgan fingerprint density at radius 1 is 1.15 bits per heavy atom. The van der Waals surface area contributed by atoms with Crippen LogP contribution in [0, 0.1) is 6.92 Å². The van der Waals surface area contributed by atoms with Gasteiger partial charge >= 0.3 is 6.09 Å². The third-order valence-corrected chi connectivity index (χ3v) is 6.73. The number of hydrogen-bond acceptors (Lipinski definition) is 7. The van der Waals surface area contributed by atoms with E-state index in [0.717, 1.165) is 38.5 Å². The lowest BCUT2D eigenvalue weighted by molar-refractivity contribution is 0.165. The van der Waals surface area contributed by atoms with E-state index in [2.05, 4.69) is 4.98 Å².